The molecule has 0 radical (unpaired) electrons. The summed E-state index contributed by atoms with van der Waals surface area (Å²) in [5.41, 5.74) is 51.6. The first kappa shape index (κ1) is 110. The van der Waals surface area contributed by atoms with Crippen molar-refractivity contribution < 1.29 is 68.9 Å². The zero-order valence-electron chi connectivity index (χ0n) is 78.1. The van der Waals surface area contributed by atoms with Gasteiger partial charge in [0.25, 0.3) is 0 Å². The van der Waals surface area contributed by atoms with Gasteiger partial charge in [0.15, 0.2) is 0 Å². The van der Waals surface area contributed by atoms with Crippen LogP contribution in [0.5, 0.6) is 46.0 Å². The van der Waals surface area contributed by atoms with Crippen LogP contribution in [0.15, 0.2) is 288 Å². The molecule has 0 heterocycles. The van der Waals surface area contributed by atoms with Crippen LogP contribution in [0.1, 0.15) is 170 Å². The number of hydrogen-bond acceptors (Lipinski definition) is 25. The molecule has 27 N–H and O–H groups in total. The maximum absolute atomic E-state index is 10.0. The van der Waals surface area contributed by atoms with Gasteiger partial charge < -0.3 is 109 Å². The number of hydrogen-bond donors (Lipinski definition) is 20. The molecule has 0 amide bonds. The summed E-state index contributed by atoms with van der Waals surface area (Å²) in [6.07, 6.45) is 6.93. The number of aryl methyl sites for hydroxylation is 3. The Labute approximate surface area is 795 Å². The van der Waals surface area contributed by atoms with Crippen LogP contribution in [-0.2, 0) is 0 Å². The molecule has 0 aliphatic carbocycles. The molecule has 0 fully saturated rings. The molecule has 0 aromatic heterocycles. The van der Waals surface area contributed by atoms with Crippen LogP contribution in [0.3, 0.4) is 0 Å². The molecule has 0 aliphatic heterocycles. The average molecular weight is 1860 g/mol. The van der Waals surface area contributed by atoms with E-state index >= 15 is 0 Å². The van der Waals surface area contributed by atoms with E-state index in [4.69, 9.17) is 137 Å². The van der Waals surface area contributed by atoms with Crippen molar-refractivity contribution in [1.82, 2.24) is 0 Å². The highest BCUT2D eigenvalue weighted by Gasteiger charge is 2.12. The summed E-state index contributed by atoms with van der Waals surface area (Å²) >= 11 is 0. The number of unbranched alkanes of at least 4 members (excludes halogenated alkanes) is 4. The second kappa shape index (κ2) is 62.3. The number of aliphatic hydroxyl groups excluding tert-OH is 2. The number of amidine groups is 7. The Hall–Kier alpha value is -16.1. The van der Waals surface area contributed by atoms with Gasteiger partial charge in [-0.05, 0) is 316 Å². The van der Waals surface area contributed by atoms with Crippen LogP contribution >= 0.6 is 0 Å². The zero-order chi connectivity index (χ0) is 99.5. The maximum Gasteiger partial charge on any atom is 0.122 e. The lowest BCUT2D eigenvalue weighted by Gasteiger charge is -2.13. The van der Waals surface area contributed by atoms with Gasteiger partial charge in [0.05, 0.1) is 81.3 Å². The van der Waals surface area contributed by atoms with Crippen molar-refractivity contribution >= 4 is 63.7 Å². The van der Waals surface area contributed by atoms with E-state index in [0.29, 0.717) is 134 Å². The first-order valence-corrected chi connectivity index (χ1v) is 43.8. The fourth-order valence-electron chi connectivity index (χ4n) is 11.6. The lowest BCUT2D eigenvalue weighted by Crippen LogP contribution is -2.18. The third-order valence-corrected chi connectivity index (χ3v) is 19.9. The molecule has 0 aliphatic rings. The van der Waals surface area contributed by atoms with Crippen molar-refractivity contribution in [3.8, 4) is 46.0 Å². The van der Waals surface area contributed by atoms with E-state index in [2.05, 4.69) is 20.6 Å². The predicted octanol–water partition coefficient (Wildman–Crippen LogP) is 17.0. The molecule has 0 saturated carbocycles. The van der Waals surface area contributed by atoms with Gasteiger partial charge in [-0.25, -0.2) is 0 Å². The Balaban J connectivity index is 0.000000290. The van der Waals surface area contributed by atoms with E-state index in [1.165, 1.54) is 16.7 Å². The molecule has 32 heteroatoms. The Kier molecular flexibility index (Phi) is 50.6. The van der Waals surface area contributed by atoms with E-state index in [0.717, 1.165) is 106 Å². The van der Waals surface area contributed by atoms with Crippen LogP contribution < -0.4 is 78.0 Å². The number of nitrogens with one attached hydrogen (secondary N) is 7. The number of nitrogens with two attached hydrogens (primary N) is 7. The smallest absolute Gasteiger partial charge is 0.122 e. The fraction of sp³-hybridized carbons (Fsp3) is 0.260. The molecule has 720 valence electrons. The van der Waals surface area contributed by atoms with Gasteiger partial charge in [-0.1, -0.05) is 110 Å². The lowest BCUT2D eigenvalue weighted by molar-refractivity contribution is 0.0938. The minimum atomic E-state index is -0.591. The minimum Gasteiger partial charge on any atom is -0.494 e. The van der Waals surface area contributed by atoms with E-state index < -0.39 is 12.2 Å². The van der Waals surface area contributed by atoms with Gasteiger partial charge in [-0.15, -0.1) is 0 Å². The van der Waals surface area contributed by atoms with Crippen molar-refractivity contribution in [2.75, 3.05) is 52.9 Å². The topological polar surface area (TPSA) is 594 Å². The third-order valence-electron chi connectivity index (χ3n) is 19.9. The van der Waals surface area contributed by atoms with Gasteiger partial charge in [0.2, 0.25) is 0 Å². The monoisotopic (exact) mass is 1860 g/mol. The number of oxime groups is 4. The van der Waals surface area contributed by atoms with Crippen molar-refractivity contribution in [3.63, 3.8) is 0 Å². The summed E-state index contributed by atoms with van der Waals surface area (Å²) in [5.74, 6) is 6.41. The third kappa shape index (κ3) is 44.7. The molecule has 32 nitrogen and oxygen atoms in total. The number of nitrogen functional groups attached to an aromatic ring is 7. The fourth-order valence-corrected chi connectivity index (χ4v) is 11.6. The predicted molar refractivity (Wildman–Crippen MR) is 540 cm³/mol. The number of nitrogens with zero attached hydrogens (tertiary/aromatic N) is 4. The van der Waals surface area contributed by atoms with E-state index in [1.807, 2.05) is 203 Å². The lowest BCUT2D eigenvalue weighted by atomic mass is 10.1. The highest BCUT2D eigenvalue weighted by Crippen LogP contribution is 2.22. The SMILES string of the molecule is C/C(=N/O)c1ccc(OCCC(O)CCOc2ccc(C(=N)N)cc2)cc1.C/C(=N/O)c1ccc(OCCCC(O)COc2ccc(C(=N)N)cc2)cc1.C/C(=N/O)c1ccc(OCCCCCOc2ccc(C(=N)N)cc2)cc1.C/C(=N/O)c1ccc(OCCCCCOc2ccc(C(=N)N)cc2)cc1.Cc1ccc(C(=N)N)cc1.Cc1ccc(C(=N)N)cc1.Cc1ccc(C(=N)N)cc1. The summed E-state index contributed by atoms with van der Waals surface area (Å²) in [7, 11) is 0. The molecule has 0 spiro atoms. The molecular weight excluding hydrogens is 1730 g/mol. The minimum absolute atomic E-state index is 0.00730. The number of rotatable bonds is 43. The van der Waals surface area contributed by atoms with Crippen molar-refractivity contribution in [3.05, 3.63) is 345 Å². The van der Waals surface area contributed by atoms with Gasteiger partial charge >= 0.3 is 0 Å². The normalized spacial score (nSPS) is 11.3. The second-order valence-corrected chi connectivity index (χ2v) is 30.8. The molecule has 11 rings (SSSR count). The summed E-state index contributed by atoms with van der Waals surface area (Å²) in [6, 6.07) is 80.4. The Bertz CT molecular complexity index is 5280. The molecule has 136 heavy (non-hydrogen) atoms. The Morgan fingerprint density at radius 2 is 0.382 bits per heavy atom. The maximum atomic E-state index is 10.0. The number of benzene rings is 11. The van der Waals surface area contributed by atoms with E-state index in [9.17, 15) is 10.2 Å². The molecule has 11 aromatic rings. The molecule has 2 unspecified atom stereocenters. The van der Waals surface area contributed by atoms with Crippen LogP contribution in [0, 0.1) is 58.6 Å². The zero-order valence-corrected chi connectivity index (χ0v) is 78.1. The highest BCUT2D eigenvalue weighted by atomic mass is 16.5. The Morgan fingerprint density at radius 1 is 0.221 bits per heavy atom. The van der Waals surface area contributed by atoms with Gasteiger partial charge in [-0.3, -0.25) is 37.9 Å². The standard InChI is InChI=1S/2C20H25N3O4.2C20H25N3O3.3C8H10N2/c1-14(23-25)15-2-6-18(7-3-15)26-12-10-17(24)11-13-27-19-8-4-16(5-9-19)20(21)22;1-14(23-25)15-4-8-18(9-5-15)26-12-2-3-17(24)13-27-19-10-6-16(7-11-19)20(21)22;2*1-15(23-24)16-5-9-18(10-6-16)25-13-3-2-4-14-26-19-11-7-17(8-12-19)20(21)22;3*1-6-2-4-7(5-3-6)8(9)10/h2-9,17,24-25H,10-13H2,1H3,(H3,21,22);4-11,17,24-25H,2-3,12-13H2,1H3,(H3,21,22);2*5-12,24H,2-4,13-14H2,1H3,(H3,21,22);3*2-5H,1H3,(H3,9,10)/b2*23-14-;2*23-15-;;;. The first-order chi connectivity index (χ1) is 65.3. The van der Waals surface area contributed by atoms with E-state index in [1.54, 1.807) is 113 Å². The molecule has 2 atom stereocenters. The summed E-state index contributed by atoms with van der Waals surface area (Å²) in [5, 5.41) is 118. The first-order valence-electron chi connectivity index (χ1n) is 43.8. The molecule has 0 saturated heterocycles. The summed E-state index contributed by atoms with van der Waals surface area (Å²) in [4.78, 5) is 0. The average Bonchev–Trinajstić information content (AvgIpc) is 0.870. The van der Waals surface area contributed by atoms with Gasteiger partial charge in [0, 0.05) is 51.8 Å². The largest absolute Gasteiger partial charge is 0.494 e. The summed E-state index contributed by atoms with van der Waals surface area (Å²) < 4.78 is 45.1. The highest BCUT2D eigenvalue weighted by molar-refractivity contribution is 6.01. The molecular formula is C104H130N18O14. The van der Waals surface area contributed by atoms with Crippen molar-refractivity contribution in [2.45, 2.75) is 125 Å². The van der Waals surface area contributed by atoms with Crippen LogP contribution in [0.25, 0.3) is 0 Å². The van der Waals surface area contributed by atoms with E-state index in [-0.39, 0.29) is 47.5 Å². The van der Waals surface area contributed by atoms with Crippen LogP contribution in [0.4, 0.5) is 0 Å². The molecule has 11 aromatic carbocycles. The van der Waals surface area contributed by atoms with Gasteiger partial charge in [0.1, 0.15) is 93.5 Å². The number of aliphatic hydroxyl groups is 2. The number of ether oxygens (including phenoxy) is 8. The molecule has 0 bridgehead atoms. The summed E-state index contributed by atoms with van der Waals surface area (Å²) in [6.45, 7) is 17.0. The van der Waals surface area contributed by atoms with Crippen molar-refractivity contribution in [1.29, 1.82) is 37.9 Å². The van der Waals surface area contributed by atoms with Crippen LogP contribution in [0.2, 0.25) is 0 Å². The van der Waals surface area contributed by atoms with Crippen LogP contribution in [-0.4, -0.2) is 160 Å². The quantitative estimate of drug-likeness (QED) is 0.00555. The second-order valence-electron chi connectivity index (χ2n) is 30.8. The van der Waals surface area contributed by atoms with Crippen molar-refractivity contribution in [2.24, 2.45) is 60.8 Å². The Morgan fingerprint density at radius 3 is 0.566 bits per heavy atom. The van der Waals surface area contributed by atoms with Gasteiger partial charge in [-0.2, -0.15) is 0 Å².